The van der Waals surface area contributed by atoms with Gasteiger partial charge in [0.05, 0.1) is 6.04 Å². The fraction of sp³-hybridized carbons (Fsp3) is 0.615. The summed E-state index contributed by atoms with van der Waals surface area (Å²) in [4.78, 5) is 22.1. The molecule has 0 aliphatic heterocycles. The molecule has 6 nitrogen and oxygen atoms in total. The number of carbonyl (C=O) groups is 2. The average molecular weight is 265 g/mol. The van der Waals surface area contributed by atoms with Crippen LogP contribution in [0.1, 0.15) is 50.1 Å². The number of aldehydes is 1. The lowest BCUT2D eigenvalue weighted by atomic mass is 9.87. The molecule has 0 atom stereocenters. The number of rotatable bonds is 3. The predicted molar refractivity (Wildman–Crippen MR) is 69.0 cm³/mol. The SMILES string of the molecule is CC(C)(C)OC(=O)NC1CC(n2ccc(C=O)n2)C1. The van der Waals surface area contributed by atoms with E-state index in [0.717, 1.165) is 19.1 Å². The Labute approximate surface area is 112 Å². The number of ether oxygens (including phenoxy) is 1. The molecule has 2 rings (SSSR count). The van der Waals surface area contributed by atoms with Gasteiger partial charge < -0.3 is 10.1 Å². The number of aromatic nitrogens is 2. The van der Waals surface area contributed by atoms with Crippen LogP contribution in [0.2, 0.25) is 0 Å². The van der Waals surface area contributed by atoms with Crippen LogP contribution in [-0.2, 0) is 4.74 Å². The molecule has 0 radical (unpaired) electrons. The van der Waals surface area contributed by atoms with Crippen LogP contribution in [0.15, 0.2) is 12.3 Å². The van der Waals surface area contributed by atoms with E-state index in [2.05, 4.69) is 10.4 Å². The first-order valence-electron chi connectivity index (χ1n) is 6.37. The predicted octanol–water partition coefficient (Wildman–Crippen LogP) is 1.92. The summed E-state index contributed by atoms with van der Waals surface area (Å²) in [6.07, 6.45) is 3.74. The van der Waals surface area contributed by atoms with Crippen LogP contribution in [0.3, 0.4) is 0 Å². The van der Waals surface area contributed by atoms with Crippen molar-refractivity contribution in [3.8, 4) is 0 Å². The lowest BCUT2D eigenvalue weighted by Gasteiger charge is -2.36. The Hall–Kier alpha value is -1.85. The van der Waals surface area contributed by atoms with Gasteiger partial charge in [-0.15, -0.1) is 0 Å². The Bertz CT molecular complexity index is 470. The molecular weight excluding hydrogens is 246 g/mol. The van der Waals surface area contributed by atoms with Crippen molar-refractivity contribution in [3.05, 3.63) is 18.0 Å². The van der Waals surface area contributed by atoms with Gasteiger partial charge in [-0.3, -0.25) is 9.48 Å². The fourth-order valence-electron chi connectivity index (χ4n) is 2.01. The minimum absolute atomic E-state index is 0.115. The summed E-state index contributed by atoms with van der Waals surface area (Å²) in [6.45, 7) is 5.50. The van der Waals surface area contributed by atoms with Crippen LogP contribution >= 0.6 is 0 Å². The maximum atomic E-state index is 11.6. The van der Waals surface area contributed by atoms with E-state index >= 15 is 0 Å². The minimum Gasteiger partial charge on any atom is -0.444 e. The largest absolute Gasteiger partial charge is 0.444 e. The molecule has 1 heterocycles. The summed E-state index contributed by atoms with van der Waals surface area (Å²) in [5.41, 5.74) is -0.0443. The molecule has 1 amide bonds. The van der Waals surface area contributed by atoms with Gasteiger partial charge >= 0.3 is 6.09 Å². The number of nitrogens with one attached hydrogen (secondary N) is 1. The molecule has 1 saturated carbocycles. The zero-order valence-corrected chi connectivity index (χ0v) is 11.4. The first kappa shape index (κ1) is 13.6. The highest BCUT2D eigenvalue weighted by molar-refractivity contribution is 5.71. The van der Waals surface area contributed by atoms with Crippen molar-refractivity contribution in [2.24, 2.45) is 0 Å². The smallest absolute Gasteiger partial charge is 0.407 e. The summed E-state index contributed by atoms with van der Waals surface area (Å²) in [7, 11) is 0. The Morgan fingerprint density at radius 3 is 2.74 bits per heavy atom. The van der Waals surface area contributed by atoms with Crippen molar-refractivity contribution in [3.63, 3.8) is 0 Å². The van der Waals surface area contributed by atoms with E-state index in [1.54, 1.807) is 16.9 Å². The van der Waals surface area contributed by atoms with Crippen molar-refractivity contribution in [1.82, 2.24) is 15.1 Å². The van der Waals surface area contributed by atoms with Crippen molar-refractivity contribution in [2.45, 2.75) is 51.3 Å². The Morgan fingerprint density at radius 1 is 1.53 bits per heavy atom. The van der Waals surface area contributed by atoms with E-state index in [0.29, 0.717) is 5.69 Å². The van der Waals surface area contributed by atoms with Gasteiger partial charge in [0.2, 0.25) is 0 Å². The normalized spacial score (nSPS) is 22.5. The maximum Gasteiger partial charge on any atom is 0.407 e. The van der Waals surface area contributed by atoms with E-state index in [1.807, 2.05) is 20.8 Å². The Balaban J connectivity index is 1.77. The lowest BCUT2D eigenvalue weighted by Crippen LogP contribution is -2.46. The molecule has 0 saturated heterocycles. The van der Waals surface area contributed by atoms with Gasteiger partial charge in [0.1, 0.15) is 11.3 Å². The van der Waals surface area contributed by atoms with Crippen LogP contribution in [-0.4, -0.2) is 33.8 Å². The first-order chi connectivity index (χ1) is 8.87. The molecule has 1 N–H and O–H groups in total. The topological polar surface area (TPSA) is 73.2 Å². The fourth-order valence-corrected chi connectivity index (χ4v) is 2.01. The standard InChI is InChI=1S/C13H19N3O3/c1-13(2,3)19-12(18)14-10-6-11(7-10)16-5-4-9(8-17)15-16/h4-5,8,10-11H,6-7H2,1-3H3,(H,14,18). The molecule has 0 unspecified atom stereocenters. The number of carbonyl (C=O) groups excluding carboxylic acids is 2. The molecule has 0 aromatic carbocycles. The second-order valence-electron chi connectivity index (χ2n) is 5.81. The lowest BCUT2D eigenvalue weighted by molar-refractivity contribution is 0.0452. The maximum absolute atomic E-state index is 11.6. The first-order valence-corrected chi connectivity index (χ1v) is 6.37. The van der Waals surface area contributed by atoms with Gasteiger partial charge in [0.15, 0.2) is 6.29 Å². The second kappa shape index (κ2) is 5.03. The molecule has 1 fully saturated rings. The highest BCUT2D eigenvalue weighted by atomic mass is 16.6. The van der Waals surface area contributed by atoms with E-state index in [4.69, 9.17) is 4.74 Å². The van der Waals surface area contributed by atoms with Crippen LogP contribution in [0.25, 0.3) is 0 Å². The molecule has 6 heteroatoms. The van der Waals surface area contributed by atoms with Crippen molar-refractivity contribution in [1.29, 1.82) is 0 Å². The van der Waals surface area contributed by atoms with Gasteiger partial charge in [-0.2, -0.15) is 5.10 Å². The van der Waals surface area contributed by atoms with Crippen molar-refractivity contribution < 1.29 is 14.3 Å². The number of amides is 1. The number of nitrogens with zero attached hydrogens (tertiary/aromatic N) is 2. The van der Waals surface area contributed by atoms with Crippen molar-refractivity contribution >= 4 is 12.4 Å². The van der Waals surface area contributed by atoms with Gasteiger partial charge in [0.25, 0.3) is 0 Å². The Morgan fingerprint density at radius 2 is 2.21 bits per heavy atom. The summed E-state index contributed by atoms with van der Waals surface area (Å²) < 4.78 is 6.96. The van der Waals surface area contributed by atoms with E-state index in [1.165, 1.54) is 0 Å². The van der Waals surface area contributed by atoms with Crippen LogP contribution in [0, 0.1) is 0 Å². The number of alkyl carbamates (subject to hydrolysis) is 1. The molecule has 1 aliphatic carbocycles. The molecule has 1 aromatic heterocycles. The summed E-state index contributed by atoms with van der Waals surface area (Å²) >= 11 is 0. The third-order valence-corrected chi connectivity index (χ3v) is 2.96. The van der Waals surface area contributed by atoms with Gasteiger partial charge in [-0.1, -0.05) is 0 Å². The summed E-state index contributed by atoms with van der Waals surface area (Å²) in [5.74, 6) is 0. The van der Waals surface area contributed by atoms with Gasteiger partial charge in [-0.25, -0.2) is 4.79 Å². The molecule has 1 aliphatic rings. The molecule has 19 heavy (non-hydrogen) atoms. The number of hydrogen-bond acceptors (Lipinski definition) is 4. The van der Waals surface area contributed by atoms with Crippen LogP contribution in [0.5, 0.6) is 0 Å². The second-order valence-corrected chi connectivity index (χ2v) is 5.81. The van der Waals surface area contributed by atoms with Crippen molar-refractivity contribution in [2.75, 3.05) is 0 Å². The minimum atomic E-state index is -0.478. The highest BCUT2D eigenvalue weighted by Crippen LogP contribution is 2.31. The van der Waals surface area contributed by atoms with Gasteiger partial charge in [-0.05, 0) is 39.7 Å². The molecular formula is C13H19N3O3. The molecule has 0 spiro atoms. The zero-order valence-electron chi connectivity index (χ0n) is 11.4. The molecule has 104 valence electrons. The number of hydrogen-bond donors (Lipinski definition) is 1. The summed E-state index contributed by atoms with van der Waals surface area (Å²) in [6, 6.07) is 2.04. The average Bonchev–Trinajstić information content (AvgIpc) is 2.68. The third-order valence-electron chi connectivity index (χ3n) is 2.96. The van der Waals surface area contributed by atoms with E-state index in [-0.39, 0.29) is 18.2 Å². The quantitative estimate of drug-likeness (QED) is 0.847. The van der Waals surface area contributed by atoms with Crippen LogP contribution < -0.4 is 5.32 Å². The van der Waals surface area contributed by atoms with E-state index in [9.17, 15) is 9.59 Å². The third kappa shape index (κ3) is 3.56. The monoisotopic (exact) mass is 265 g/mol. The molecule has 0 bridgehead atoms. The highest BCUT2D eigenvalue weighted by Gasteiger charge is 2.33. The van der Waals surface area contributed by atoms with Crippen LogP contribution in [0.4, 0.5) is 4.79 Å². The van der Waals surface area contributed by atoms with Gasteiger partial charge in [0, 0.05) is 12.2 Å². The van der Waals surface area contributed by atoms with E-state index < -0.39 is 5.60 Å². The zero-order chi connectivity index (χ0) is 14.0. The Kier molecular flexibility index (Phi) is 3.59. The molecule has 1 aromatic rings. The summed E-state index contributed by atoms with van der Waals surface area (Å²) in [5, 5.41) is 6.95.